The van der Waals surface area contributed by atoms with Crippen LogP contribution in [0.3, 0.4) is 0 Å². The van der Waals surface area contributed by atoms with Crippen LogP contribution in [0, 0.1) is 5.92 Å². The Labute approximate surface area is 79.5 Å². The van der Waals surface area contributed by atoms with E-state index in [4.69, 9.17) is 0 Å². The highest BCUT2D eigenvalue weighted by Gasteiger charge is 2.39. The lowest BCUT2D eigenvalue weighted by molar-refractivity contribution is -0.137. The van der Waals surface area contributed by atoms with E-state index in [1.807, 2.05) is 5.01 Å². The van der Waals surface area contributed by atoms with Crippen LogP contribution in [-0.2, 0) is 4.79 Å². The minimum atomic E-state index is 0.280. The molecule has 2 atom stereocenters. The fourth-order valence-electron chi connectivity index (χ4n) is 2.33. The standard InChI is InChI=1S/C10H18N2O/c1-7(2)5-10(13)12-9-4-3-8(6-9)11-12/h7-9,11H,3-6H2,1-2H3. The minimum Gasteiger partial charge on any atom is -0.275 e. The summed E-state index contributed by atoms with van der Waals surface area (Å²) < 4.78 is 0. The van der Waals surface area contributed by atoms with Crippen molar-refractivity contribution in [3.8, 4) is 0 Å². The third kappa shape index (κ3) is 1.70. The molecule has 0 radical (unpaired) electrons. The maximum atomic E-state index is 11.7. The van der Waals surface area contributed by atoms with Crippen LogP contribution in [0.4, 0.5) is 0 Å². The molecule has 74 valence electrons. The van der Waals surface area contributed by atoms with Crippen LogP contribution < -0.4 is 5.43 Å². The molecule has 1 aliphatic heterocycles. The van der Waals surface area contributed by atoms with Gasteiger partial charge in [0.15, 0.2) is 0 Å². The quantitative estimate of drug-likeness (QED) is 0.698. The van der Waals surface area contributed by atoms with Gasteiger partial charge in [0, 0.05) is 18.5 Å². The summed E-state index contributed by atoms with van der Waals surface area (Å²) in [6.45, 7) is 4.18. The highest BCUT2D eigenvalue weighted by Crippen LogP contribution is 2.30. The van der Waals surface area contributed by atoms with Gasteiger partial charge in [-0.1, -0.05) is 13.8 Å². The zero-order valence-corrected chi connectivity index (χ0v) is 8.42. The molecule has 2 fully saturated rings. The van der Waals surface area contributed by atoms with Crippen molar-refractivity contribution in [1.29, 1.82) is 0 Å². The first-order chi connectivity index (χ1) is 6.16. The first-order valence-electron chi connectivity index (χ1n) is 5.25. The summed E-state index contributed by atoms with van der Waals surface area (Å²) in [4.78, 5) is 11.7. The third-order valence-corrected chi connectivity index (χ3v) is 2.94. The first kappa shape index (κ1) is 9.00. The Balaban J connectivity index is 1.91. The Bertz CT molecular complexity index is 215. The molecule has 1 saturated carbocycles. The van der Waals surface area contributed by atoms with E-state index < -0.39 is 0 Å². The predicted octanol–water partition coefficient (Wildman–Crippen LogP) is 1.30. The zero-order chi connectivity index (χ0) is 9.42. The smallest absolute Gasteiger partial charge is 0.237 e. The lowest BCUT2D eigenvalue weighted by atomic mass is 10.1. The van der Waals surface area contributed by atoms with Gasteiger partial charge in [-0.2, -0.15) is 0 Å². The van der Waals surface area contributed by atoms with E-state index in [-0.39, 0.29) is 5.91 Å². The maximum Gasteiger partial charge on any atom is 0.237 e. The van der Waals surface area contributed by atoms with Gasteiger partial charge >= 0.3 is 0 Å². The van der Waals surface area contributed by atoms with Gasteiger partial charge in [0.1, 0.15) is 0 Å². The number of nitrogens with one attached hydrogen (secondary N) is 1. The second kappa shape index (κ2) is 3.29. The van der Waals surface area contributed by atoms with Gasteiger partial charge in [0.25, 0.3) is 0 Å². The number of carbonyl (C=O) groups excluding carboxylic acids is 1. The van der Waals surface area contributed by atoms with Gasteiger partial charge in [0.2, 0.25) is 5.91 Å². The van der Waals surface area contributed by atoms with Gasteiger partial charge in [-0.25, -0.2) is 5.43 Å². The third-order valence-electron chi connectivity index (χ3n) is 2.94. The van der Waals surface area contributed by atoms with Gasteiger partial charge in [-0.15, -0.1) is 0 Å². The molecule has 2 aliphatic rings. The van der Waals surface area contributed by atoms with Crippen LogP contribution in [0.5, 0.6) is 0 Å². The molecular formula is C10H18N2O. The number of hydrogen-bond donors (Lipinski definition) is 1. The molecular weight excluding hydrogens is 164 g/mol. The van der Waals surface area contributed by atoms with Gasteiger partial charge in [-0.3, -0.25) is 9.80 Å². The van der Waals surface area contributed by atoms with E-state index in [2.05, 4.69) is 19.3 Å². The van der Waals surface area contributed by atoms with Crippen LogP contribution >= 0.6 is 0 Å². The highest BCUT2D eigenvalue weighted by molar-refractivity contribution is 5.76. The summed E-state index contributed by atoms with van der Waals surface area (Å²) in [6.07, 6.45) is 4.29. The van der Waals surface area contributed by atoms with E-state index in [1.54, 1.807) is 0 Å². The van der Waals surface area contributed by atoms with Gasteiger partial charge in [-0.05, 0) is 25.2 Å². The molecule has 3 nitrogen and oxygen atoms in total. The fraction of sp³-hybridized carbons (Fsp3) is 0.900. The summed E-state index contributed by atoms with van der Waals surface area (Å²) in [5.41, 5.74) is 3.28. The Kier molecular flexibility index (Phi) is 2.28. The molecule has 1 heterocycles. The maximum absolute atomic E-state index is 11.7. The van der Waals surface area contributed by atoms with Crippen LogP contribution in [0.15, 0.2) is 0 Å². The zero-order valence-electron chi connectivity index (χ0n) is 8.42. The minimum absolute atomic E-state index is 0.280. The molecule has 2 unspecified atom stereocenters. The Morgan fingerprint density at radius 3 is 2.77 bits per heavy atom. The molecule has 1 saturated heterocycles. The second-order valence-electron chi connectivity index (χ2n) is 4.65. The number of fused-ring (bicyclic) bond motifs is 2. The van der Waals surface area contributed by atoms with Crippen LogP contribution in [-0.4, -0.2) is 23.0 Å². The van der Waals surface area contributed by atoms with E-state index in [1.165, 1.54) is 19.3 Å². The average molecular weight is 182 g/mol. The van der Waals surface area contributed by atoms with Crippen molar-refractivity contribution < 1.29 is 4.79 Å². The van der Waals surface area contributed by atoms with Crippen molar-refractivity contribution in [2.45, 2.75) is 51.6 Å². The van der Waals surface area contributed by atoms with E-state index in [0.717, 1.165) is 0 Å². The predicted molar refractivity (Wildman–Crippen MR) is 50.9 cm³/mol. The Morgan fingerprint density at radius 2 is 2.31 bits per heavy atom. The molecule has 2 bridgehead atoms. The summed E-state index contributed by atoms with van der Waals surface area (Å²) in [6, 6.07) is 1.08. The van der Waals surface area contributed by atoms with Crippen LogP contribution in [0.25, 0.3) is 0 Å². The number of amides is 1. The summed E-state index contributed by atoms with van der Waals surface area (Å²) in [5.74, 6) is 0.746. The Morgan fingerprint density at radius 1 is 1.54 bits per heavy atom. The summed E-state index contributed by atoms with van der Waals surface area (Å²) in [5, 5.41) is 1.88. The average Bonchev–Trinajstić information content (AvgIpc) is 2.62. The summed E-state index contributed by atoms with van der Waals surface area (Å²) in [7, 11) is 0. The van der Waals surface area contributed by atoms with E-state index >= 15 is 0 Å². The van der Waals surface area contributed by atoms with Crippen molar-refractivity contribution in [2.75, 3.05) is 0 Å². The molecule has 0 aromatic carbocycles. The Hall–Kier alpha value is -0.570. The molecule has 0 aromatic heterocycles. The number of hydrazine groups is 1. The normalized spacial score (nSPS) is 31.8. The van der Waals surface area contributed by atoms with Gasteiger partial charge in [0.05, 0.1) is 0 Å². The molecule has 13 heavy (non-hydrogen) atoms. The number of nitrogens with zero attached hydrogens (tertiary/aromatic N) is 1. The molecule has 0 spiro atoms. The molecule has 0 aromatic rings. The molecule has 1 N–H and O–H groups in total. The SMILES string of the molecule is CC(C)CC(=O)N1NC2CCC1C2. The molecule has 1 aliphatic carbocycles. The second-order valence-corrected chi connectivity index (χ2v) is 4.65. The number of carbonyl (C=O) groups is 1. The van der Waals surface area contributed by atoms with E-state index in [0.29, 0.717) is 24.4 Å². The summed E-state index contributed by atoms with van der Waals surface area (Å²) >= 11 is 0. The van der Waals surface area contributed by atoms with E-state index in [9.17, 15) is 4.79 Å². The van der Waals surface area contributed by atoms with Crippen molar-refractivity contribution in [1.82, 2.24) is 10.4 Å². The lowest BCUT2D eigenvalue weighted by Gasteiger charge is -2.28. The number of rotatable bonds is 2. The molecule has 3 heteroatoms. The first-order valence-corrected chi connectivity index (χ1v) is 5.25. The highest BCUT2D eigenvalue weighted by atomic mass is 16.2. The fourth-order valence-corrected chi connectivity index (χ4v) is 2.33. The van der Waals surface area contributed by atoms with Crippen molar-refractivity contribution >= 4 is 5.91 Å². The van der Waals surface area contributed by atoms with Crippen LogP contribution in [0.1, 0.15) is 39.5 Å². The topological polar surface area (TPSA) is 32.3 Å². The molecule has 1 amide bonds. The van der Waals surface area contributed by atoms with Gasteiger partial charge < -0.3 is 0 Å². The van der Waals surface area contributed by atoms with Crippen molar-refractivity contribution in [3.63, 3.8) is 0 Å². The van der Waals surface area contributed by atoms with Crippen LogP contribution in [0.2, 0.25) is 0 Å². The van der Waals surface area contributed by atoms with Crippen molar-refractivity contribution in [2.24, 2.45) is 5.92 Å². The monoisotopic (exact) mass is 182 g/mol. The number of hydrogen-bond acceptors (Lipinski definition) is 2. The van der Waals surface area contributed by atoms with Crippen molar-refractivity contribution in [3.05, 3.63) is 0 Å². The molecule has 2 rings (SSSR count). The largest absolute Gasteiger partial charge is 0.275 e. The lowest BCUT2D eigenvalue weighted by Crippen LogP contribution is -2.47.